The van der Waals surface area contributed by atoms with Gasteiger partial charge in [-0.25, -0.2) is 4.98 Å². The number of hydrogen-bond donors (Lipinski definition) is 1. The summed E-state index contributed by atoms with van der Waals surface area (Å²) in [5, 5.41) is 3.44. The van der Waals surface area contributed by atoms with Crippen molar-refractivity contribution < 1.29 is 9.59 Å². The van der Waals surface area contributed by atoms with E-state index in [4.69, 9.17) is 0 Å². The van der Waals surface area contributed by atoms with Gasteiger partial charge in [-0.3, -0.25) is 9.59 Å². The van der Waals surface area contributed by atoms with Crippen LogP contribution in [0.25, 0.3) is 0 Å². The second-order valence-electron chi connectivity index (χ2n) is 6.72. The first-order valence-corrected chi connectivity index (χ1v) is 10.2. The van der Waals surface area contributed by atoms with Crippen LogP contribution in [-0.4, -0.2) is 34.8 Å². The Balaban J connectivity index is 1.38. The second kappa shape index (κ2) is 8.35. The first-order chi connectivity index (χ1) is 13.7. The van der Waals surface area contributed by atoms with E-state index in [2.05, 4.69) is 10.3 Å². The lowest BCUT2D eigenvalue weighted by atomic mass is 10.2. The molecule has 0 radical (unpaired) electrons. The summed E-state index contributed by atoms with van der Waals surface area (Å²) in [5.41, 5.74) is 2.71. The molecule has 4 rings (SSSR count). The Bertz CT molecular complexity index is 944. The highest BCUT2D eigenvalue weighted by molar-refractivity contribution is 7.13. The second-order valence-corrected chi connectivity index (χ2v) is 7.80. The molecular formula is C22H21N3O2S. The zero-order valence-electron chi connectivity index (χ0n) is 15.4. The highest BCUT2D eigenvalue weighted by Crippen LogP contribution is 2.23. The number of nitrogens with zero attached hydrogens (tertiary/aromatic N) is 2. The topological polar surface area (TPSA) is 62.3 Å². The zero-order chi connectivity index (χ0) is 19.3. The van der Waals surface area contributed by atoms with Crippen LogP contribution in [-0.2, 0) is 19.4 Å². The molecule has 2 aromatic carbocycles. The normalized spacial score (nSPS) is 13.5. The Hall–Kier alpha value is -2.99. The van der Waals surface area contributed by atoms with Gasteiger partial charge in [0.05, 0.1) is 5.69 Å². The van der Waals surface area contributed by atoms with E-state index in [1.165, 1.54) is 11.3 Å². The van der Waals surface area contributed by atoms with Crippen LogP contribution in [0.4, 0.5) is 0 Å². The molecule has 5 nitrogen and oxygen atoms in total. The molecule has 0 atom stereocenters. The van der Waals surface area contributed by atoms with Gasteiger partial charge in [-0.05, 0) is 17.7 Å². The molecule has 1 aromatic heterocycles. The largest absolute Gasteiger partial charge is 0.346 e. The molecule has 2 amide bonds. The number of nitrogens with one attached hydrogen (secondary N) is 1. The van der Waals surface area contributed by atoms with Gasteiger partial charge in [-0.2, -0.15) is 0 Å². The molecule has 0 bridgehead atoms. The molecule has 28 heavy (non-hydrogen) atoms. The van der Waals surface area contributed by atoms with E-state index < -0.39 is 0 Å². The van der Waals surface area contributed by atoms with E-state index in [1.807, 2.05) is 65.6 Å². The average molecular weight is 391 g/mol. The zero-order valence-corrected chi connectivity index (χ0v) is 16.2. The van der Waals surface area contributed by atoms with Crippen LogP contribution >= 0.6 is 11.3 Å². The van der Waals surface area contributed by atoms with Crippen molar-refractivity contribution in [2.45, 2.75) is 19.4 Å². The SMILES string of the molecule is O=C(NCc1ccccc1)c1nc2c(s1)CCN(C(=O)c1ccccc1)CC2. The van der Waals surface area contributed by atoms with E-state index in [0.29, 0.717) is 36.6 Å². The van der Waals surface area contributed by atoms with E-state index >= 15 is 0 Å². The van der Waals surface area contributed by atoms with E-state index in [-0.39, 0.29) is 11.8 Å². The molecule has 1 aliphatic heterocycles. The number of thiazole rings is 1. The Morgan fingerprint density at radius 2 is 1.64 bits per heavy atom. The van der Waals surface area contributed by atoms with Crippen molar-refractivity contribution in [1.82, 2.24) is 15.2 Å². The number of fused-ring (bicyclic) bond motifs is 1. The first kappa shape index (κ1) is 18.4. The summed E-state index contributed by atoms with van der Waals surface area (Å²) in [5.74, 6) is -0.0873. The van der Waals surface area contributed by atoms with Crippen molar-refractivity contribution in [3.05, 3.63) is 87.4 Å². The molecule has 1 N–H and O–H groups in total. The Kier molecular flexibility index (Phi) is 5.48. The third-order valence-electron chi connectivity index (χ3n) is 4.80. The van der Waals surface area contributed by atoms with Crippen LogP contribution in [0.2, 0.25) is 0 Å². The van der Waals surface area contributed by atoms with Gasteiger partial charge in [0.25, 0.3) is 11.8 Å². The number of aromatic nitrogens is 1. The first-order valence-electron chi connectivity index (χ1n) is 9.36. The average Bonchev–Trinajstić information content (AvgIpc) is 3.06. The number of rotatable bonds is 4. The molecule has 0 spiro atoms. The monoisotopic (exact) mass is 391 g/mol. The smallest absolute Gasteiger partial charge is 0.280 e. The summed E-state index contributed by atoms with van der Waals surface area (Å²) < 4.78 is 0. The van der Waals surface area contributed by atoms with Crippen LogP contribution in [0.5, 0.6) is 0 Å². The number of carbonyl (C=O) groups is 2. The molecule has 0 saturated carbocycles. The minimum Gasteiger partial charge on any atom is -0.346 e. The maximum Gasteiger partial charge on any atom is 0.280 e. The number of carbonyl (C=O) groups excluding carboxylic acids is 2. The van der Waals surface area contributed by atoms with Gasteiger partial charge in [-0.15, -0.1) is 11.3 Å². The molecule has 0 saturated heterocycles. The highest BCUT2D eigenvalue weighted by Gasteiger charge is 2.23. The summed E-state index contributed by atoms with van der Waals surface area (Å²) in [6.45, 7) is 1.76. The number of amides is 2. The van der Waals surface area contributed by atoms with Crippen molar-refractivity contribution in [3.8, 4) is 0 Å². The summed E-state index contributed by atoms with van der Waals surface area (Å²) in [6, 6.07) is 19.2. The summed E-state index contributed by atoms with van der Waals surface area (Å²) in [6.07, 6.45) is 1.41. The van der Waals surface area contributed by atoms with E-state index in [1.54, 1.807) is 0 Å². The van der Waals surface area contributed by atoms with Gasteiger partial charge in [0.2, 0.25) is 0 Å². The van der Waals surface area contributed by atoms with Crippen molar-refractivity contribution in [1.29, 1.82) is 0 Å². The molecule has 6 heteroatoms. The van der Waals surface area contributed by atoms with Gasteiger partial charge < -0.3 is 10.2 Å². The molecule has 3 aromatic rings. The lowest BCUT2D eigenvalue weighted by Gasteiger charge is -2.20. The summed E-state index contributed by atoms with van der Waals surface area (Å²) in [4.78, 5) is 32.7. The summed E-state index contributed by atoms with van der Waals surface area (Å²) in [7, 11) is 0. The third kappa shape index (κ3) is 4.12. The standard InChI is InChI=1S/C22H21N3O2S/c26-20(23-15-16-7-3-1-4-8-16)21-24-18-11-13-25(14-12-19(18)28-21)22(27)17-9-5-2-6-10-17/h1-10H,11-15H2,(H,23,26). The minimum atomic E-state index is -0.140. The Morgan fingerprint density at radius 3 is 2.39 bits per heavy atom. The predicted octanol–water partition coefficient (Wildman–Crippen LogP) is 3.31. The summed E-state index contributed by atoms with van der Waals surface area (Å²) >= 11 is 1.44. The van der Waals surface area contributed by atoms with Gasteiger partial charge in [0, 0.05) is 42.9 Å². The Labute approximate surface area is 168 Å². The van der Waals surface area contributed by atoms with Crippen LogP contribution in [0.15, 0.2) is 60.7 Å². The fraction of sp³-hybridized carbons (Fsp3) is 0.227. The lowest BCUT2D eigenvalue weighted by Crippen LogP contribution is -2.33. The van der Waals surface area contributed by atoms with E-state index in [0.717, 1.165) is 22.6 Å². The third-order valence-corrected chi connectivity index (χ3v) is 5.96. The van der Waals surface area contributed by atoms with Crippen molar-refractivity contribution >= 4 is 23.2 Å². The molecule has 2 heterocycles. The molecular weight excluding hydrogens is 370 g/mol. The Morgan fingerprint density at radius 1 is 0.964 bits per heavy atom. The number of hydrogen-bond acceptors (Lipinski definition) is 4. The van der Waals surface area contributed by atoms with Crippen LogP contribution in [0.1, 0.15) is 36.3 Å². The fourth-order valence-corrected chi connectivity index (χ4v) is 4.29. The van der Waals surface area contributed by atoms with Crippen LogP contribution in [0.3, 0.4) is 0 Å². The fourth-order valence-electron chi connectivity index (χ4n) is 3.28. The maximum absolute atomic E-state index is 12.7. The van der Waals surface area contributed by atoms with Crippen molar-refractivity contribution in [2.75, 3.05) is 13.1 Å². The molecule has 0 unspecified atom stereocenters. The van der Waals surface area contributed by atoms with Crippen molar-refractivity contribution in [3.63, 3.8) is 0 Å². The van der Waals surface area contributed by atoms with Gasteiger partial charge in [0.1, 0.15) is 0 Å². The minimum absolute atomic E-state index is 0.0524. The van der Waals surface area contributed by atoms with Crippen LogP contribution < -0.4 is 5.32 Å². The van der Waals surface area contributed by atoms with Crippen molar-refractivity contribution in [2.24, 2.45) is 0 Å². The maximum atomic E-state index is 12.7. The predicted molar refractivity (Wildman–Crippen MR) is 109 cm³/mol. The quantitative estimate of drug-likeness (QED) is 0.742. The molecule has 0 aliphatic carbocycles. The van der Waals surface area contributed by atoms with Crippen LogP contribution in [0, 0.1) is 0 Å². The highest BCUT2D eigenvalue weighted by atomic mass is 32.1. The number of benzene rings is 2. The lowest BCUT2D eigenvalue weighted by molar-refractivity contribution is 0.0762. The molecule has 142 valence electrons. The van der Waals surface area contributed by atoms with Gasteiger partial charge >= 0.3 is 0 Å². The van der Waals surface area contributed by atoms with Gasteiger partial charge in [-0.1, -0.05) is 48.5 Å². The molecule has 0 fully saturated rings. The van der Waals surface area contributed by atoms with Gasteiger partial charge in [0.15, 0.2) is 5.01 Å². The molecule has 1 aliphatic rings. The van der Waals surface area contributed by atoms with E-state index in [9.17, 15) is 9.59 Å².